The minimum Gasteiger partial charge on any atom is -0.444 e. The Morgan fingerprint density at radius 2 is 1.95 bits per heavy atom. The monoisotopic (exact) mass is 506 g/mol. The average molecular weight is 507 g/mol. The van der Waals surface area contributed by atoms with E-state index in [1.54, 1.807) is 0 Å². The molecule has 37 heavy (non-hydrogen) atoms. The van der Waals surface area contributed by atoms with E-state index < -0.39 is 11.6 Å². The van der Waals surface area contributed by atoms with Crippen molar-refractivity contribution in [3.8, 4) is 0 Å². The zero-order chi connectivity index (χ0) is 26.4. The number of ether oxygens (including phenoxy) is 1. The second-order valence-electron chi connectivity index (χ2n) is 10.7. The first kappa shape index (κ1) is 26.6. The van der Waals surface area contributed by atoms with Gasteiger partial charge >= 0.3 is 12.1 Å². The fourth-order valence-corrected chi connectivity index (χ4v) is 5.14. The molecular weight excluding hydrogens is 468 g/mol. The number of carbonyl (C=O) groups is 2. The molecule has 1 unspecified atom stereocenters. The fourth-order valence-electron chi connectivity index (χ4n) is 5.14. The molecule has 198 valence electrons. The lowest BCUT2D eigenvalue weighted by Gasteiger charge is -2.42. The number of hydrogen-bond donors (Lipinski definition) is 2. The van der Waals surface area contributed by atoms with Crippen LogP contribution in [0.25, 0.3) is 0 Å². The highest BCUT2D eigenvalue weighted by Crippen LogP contribution is 2.34. The molecule has 0 spiro atoms. The molecule has 2 atom stereocenters. The van der Waals surface area contributed by atoms with E-state index in [-0.39, 0.29) is 18.2 Å². The highest BCUT2D eigenvalue weighted by atomic mass is 16.6. The van der Waals surface area contributed by atoms with Gasteiger partial charge in [-0.05, 0) is 63.3 Å². The summed E-state index contributed by atoms with van der Waals surface area (Å²) in [6.07, 6.45) is 11.1. The first-order chi connectivity index (χ1) is 17.7. The Kier molecular flexibility index (Phi) is 8.43. The fraction of sp³-hybridized carbons (Fsp3) is 0.500. The Labute approximate surface area is 219 Å². The highest BCUT2D eigenvalue weighted by molar-refractivity contribution is 5.71. The van der Waals surface area contributed by atoms with Gasteiger partial charge in [0.2, 0.25) is 0 Å². The van der Waals surface area contributed by atoms with Crippen molar-refractivity contribution in [3.63, 3.8) is 0 Å². The predicted molar refractivity (Wildman–Crippen MR) is 142 cm³/mol. The van der Waals surface area contributed by atoms with Gasteiger partial charge < -0.3 is 15.8 Å². The van der Waals surface area contributed by atoms with Crippen LogP contribution in [-0.4, -0.2) is 63.2 Å². The number of aryl methyl sites for hydroxylation is 1. The van der Waals surface area contributed by atoms with Gasteiger partial charge in [-0.15, -0.1) is 0 Å². The van der Waals surface area contributed by atoms with E-state index in [9.17, 15) is 9.59 Å². The third-order valence-electron chi connectivity index (χ3n) is 6.78. The number of nitrogens with two attached hydrogens (primary N) is 1. The standard InChI is InChI=1S/C28H38N6O3/c1-28(2,3)37-27(36)34-18-21-11-8-14-30-23(21)17-22(34)19-33(16-5-4-13-32-26(29)35)24-12-6-9-20-10-7-15-31-25(20)24/h4-5,7-8,10-11,14-15,22,24H,6,9,12-13,16-19H2,1-3H3,(H3,29,32,35)/b5-4-/t22?,24-/m0/s1. The zero-order valence-electron chi connectivity index (χ0n) is 22.0. The second-order valence-corrected chi connectivity index (χ2v) is 10.7. The molecule has 0 fully saturated rings. The number of primary amides is 1. The summed E-state index contributed by atoms with van der Waals surface area (Å²) in [5.74, 6) is 0. The number of hydrogen-bond acceptors (Lipinski definition) is 6. The van der Waals surface area contributed by atoms with E-state index in [4.69, 9.17) is 15.5 Å². The number of aromatic nitrogens is 2. The molecule has 1 aliphatic heterocycles. The third-order valence-corrected chi connectivity index (χ3v) is 6.78. The van der Waals surface area contributed by atoms with Crippen molar-refractivity contribution < 1.29 is 14.3 Å². The lowest BCUT2D eigenvalue weighted by atomic mass is 9.90. The van der Waals surface area contributed by atoms with Gasteiger partial charge in [-0.3, -0.25) is 19.8 Å². The molecule has 3 N–H and O–H groups in total. The summed E-state index contributed by atoms with van der Waals surface area (Å²) < 4.78 is 5.81. The Hall–Kier alpha value is -3.46. The Bertz CT molecular complexity index is 1130. The van der Waals surface area contributed by atoms with Crippen molar-refractivity contribution in [2.75, 3.05) is 19.6 Å². The maximum Gasteiger partial charge on any atom is 0.410 e. The number of nitrogens with zero attached hydrogens (tertiary/aromatic N) is 4. The van der Waals surface area contributed by atoms with Crippen LogP contribution >= 0.6 is 0 Å². The summed E-state index contributed by atoms with van der Waals surface area (Å²) in [5.41, 5.74) is 9.08. The normalized spacial score (nSPS) is 19.4. The van der Waals surface area contributed by atoms with E-state index in [0.29, 0.717) is 32.6 Å². The molecule has 2 aromatic heterocycles. The minimum atomic E-state index is -0.584. The molecule has 0 aromatic carbocycles. The number of pyridine rings is 2. The van der Waals surface area contributed by atoms with Crippen molar-refractivity contribution in [1.29, 1.82) is 0 Å². The van der Waals surface area contributed by atoms with Gasteiger partial charge in [-0.1, -0.05) is 24.3 Å². The Morgan fingerprint density at radius 1 is 1.19 bits per heavy atom. The highest BCUT2D eigenvalue weighted by Gasteiger charge is 2.36. The van der Waals surface area contributed by atoms with E-state index in [0.717, 1.165) is 36.2 Å². The van der Waals surface area contributed by atoms with Crippen molar-refractivity contribution in [2.24, 2.45) is 5.73 Å². The molecule has 0 bridgehead atoms. The topological polar surface area (TPSA) is 114 Å². The minimum absolute atomic E-state index is 0.108. The van der Waals surface area contributed by atoms with Crippen molar-refractivity contribution in [2.45, 2.75) is 70.7 Å². The molecule has 3 heterocycles. The summed E-state index contributed by atoms with van der Waals surface area (Å²) >= 11 is 0. The number of fused-ring (bicyclic) bond motifs is 2. The van der Waals surface area contributed by atoms with Crippen LogP contribution in [0, 0.1) is 0 Å². The molecule has 0 saturated carbocycles. The van der Waals surface area contributed by atoms with Crippen molar-refractivity contribution in [3.05, 3.63) is 71.3 Å². The molecule has 0 radical (unpaired) electrons. The second kappa shape index (κ2) is 11.7. The number of nitrogens with one attached hydrogen (secondary N) is 1. The maximum absolute atomic E-state index is 13.3. The summed E-state index contributed by atoms with van der Waals surface area (Å²) in [6.45, 7) is 7.80. The van der Waals surface area contributed by atoms with Crippen LogP contribution in [0.5, 0.6) is 0 Å². The molecule has 9 nitrogen and oxygen atoms in total. The van der Waals surface area contributed by atoms with Gasteiger partial charge in [-0.25, -0.2) is 9.59 Å². The molecule has 0 saturated heterocycles. The van der Waals surface area contributed by atoms with Crippen molar-refractivity contribution in [1.82, 2.24) is 25.1 Å². The van der Waals surface area contributed by atoms with E-state index in [2.05, 4.69) is 21.3 Å². The third kappa shape index (κ3) is 7.07. The number of amides is 3. The van der Waals surface area contributed by atoms with Crippen molar-refractivity contribution >= 4 is 12.1 Å². The summed E-state index contributed by atoms with van der Waals surface area (Å²) in [7, 11) is 0. The lowest BCUT2D eigenvalue weighted by molar-refractivity contribution is 0.00521. The maximum atomic E-state index is 13.3. The van der Waals surface area contributed by atoms with Crippen LogP contribution in [0.1, 0.15) is 62.2 Å². The Balaban J connectivity index is 1.61. The first-order valence-corrected chi connectivity index (χ1v) is 13.0. The Morgan fingerprint density at radius 3 is 2.70 bits per heavy atom. The van der Waals surface area contributed by atoms with Gasteiger partial charge in [0, 0.05) is 44.1 Å². The van der Waals surface area contributed by atoms with Gasteiger partial charge in [-0.2, -0.15) is 0 Å². The molecule has 9 heteroatoms. The average Bonchev–Trinajstić information content (AvgIpc) is 2.86. The summed E-state index contributed by atoms with van der Waals surface area (Å²) in [6, 6.07) is 7.57. The SMILES string of the molecule is CC(C)(C)OC(=O)N1Cc2cccnc2CC1CN(C/C=C\CNC(N)=O)[C@H]1CCCc2cccnc21. The summed E-state index contributed by atoms with van der Waals surface area (Å²) in [5, 5.41) is 2.59. The molecule has 4 rings (SSSR count). The van der Waals surface area contributed by atoms with Gasteiger partial charge in [0.15, 0.2) is 0 Å². The molecular formula is C28H38N6O3. The van der Waals surface area contributed by atoms with Gasteiger partial charge in [0.1, 0.15) is 5.60 Å². The quantitative estimate of drug-likeness (QED) is 0.553. The van der Waals surface area contributed by atoms with Crippen LogP contribution in [0.2, 0.25) is 0 Å². The zero-order valence-corrected chi connectivity index (χ0v) is 22.0. The predicted octanol–water partition coefficient (Wildman–Crippen LogP) is 3.74. The van der Waals surface area contributed by atoms with Gasteiger partial charge in [0.25, 0.3) is 0 Å². The van der Waals surface area contributed by atoms with Crippen LogP contribution in [0.3, 0.4) is 0 Å². The van der Waals surface area contributed by atoms with Crippen LogP contribution in [-0.2, 0) is 24.1 Å². The van der Waals surface area contributed by atoms with Gasteiger partial charge in [0.05, 0.1) is 24.3 Å². The molecule has 2 aliphatic rings. The number of rotatable bonds is 7. The lowest BCUT2D eigenvalue weighted by Crippen LogP contribution is -2.52. The summed E-state index contributed by atoms with van der Waals surface area (Å²) in [4.78, 5) is 38.0. The van der Waals surface area contributed by atoms with Crippen LogP contribution < -0.4 is 11.1 Å². The van der Waals surface area contributed by atoms with E-state index >= 15 is 0 Å². The largest absolute Gasteiger partial charge is 0.444 e. The molecule has 1 aliphatic carbocycles. The smallest absolute Gasteiger partial charge is 0.410 e. The van der Waals surface area contributed by atoms with Crippen LogP contribution in [0.15, 0.2) is 48.8 Å². The molecule has 2 aromatic rings. The van der Waals surface area contributed by atoms with E-state index in [1.165, 1.54) is 5.56 Å². The number of urea groups is 1. The molecule has 3 amide bonds. The van der Waals surface area contributed by atoms with Crippen LogP contribution in [0.4, 0.5) is 9.59 Å². The number of carbonyl (C=O) groups excluding carboxylic acids is 2. The first-order valence-electron chi connectivity index (χ1n) is 13.0. The van der Waals surface area contributed by atoms with E-state index in [1.807, 2.05) is 68.4 Å².